The highest BCUT2D eigenvalue weighted by atomic mass is 79.9. The van der Waals surface area contributed by atoms with Crippen molar-refractivity contribution in [2.75, 3.05) is 0 Å². The molecule has 0 aliphatic heterocycles. The summed E-state index contributed by atoms with van der Waals surface area (Å²) in [6.07, 6.45) is 0. The smallest absolute Gasteiger partial charge is 0.250 e. The lowest BCUT2D eigenvalue weighted by atomic mass is 16.0. The van der Waals surface area contributed by atoms with Crippen LogP contribution in [-0.4, -0.2) is 25.4 Å². The van der Waals surface area contributed by atoms with Crippen LogP contribution in [0.25, 0.3) is 0 Å². The van der Waals surface area contributed by atoms with Crippen LogP contribution >= 0.6 is 14.1 Å². The molecule has 0 atom stereocenters. The van der Waals surface area contributed by atoms with E-state index in [4.69, 9.17) is 0 Å². The molecule has 0 saturated heterocycles. The molecule has 2 radical (unpaired) electrons. The van der Waals surface area contributed by atoms with E-state index in [0.29, 0.717) is 0 Å². The van der Waals surface area contributed by atoms with Crippen molar-refractivity contribution in [3.8, 4) is 0 Å². The molecule has 0 bridgehead atoms. The molecule has 0 fully saturated rings. The highest BCUT2D eigenvalue weighted by molar-refractivity contribution is 9.22. The molecule has 4 heavy (non-hydrogen) atoms. The SMILES string of the molecule is O.O.[Al][Br]. The molecule has 0 aromatic carbocycles. The van der Waals surface area contributed by atoms with Gasteiger partial charge in [-0.15, -0.1) is 0 Å². The highest BCUT2D eigenvalue weighted by Crippen LogP contribution is 1.41. The van der Waals surface area contributed by atoms with Crippen LogP contribution < -0.4 is 0 Å². The van der Waals surface area contributed by atoms with E-state index in [0.717, 1.165) is 0 Å². The second-order valence-electron chi connectivity index (χ2n) is 0. The Bertz CT molecular complexity index is 6.00. The fourth-order valence-corrected chi connectivity index (χ4v) is 0. The lowest BCUT2D eigenvalue weighted by Gasteiger charge is -1.03. The highest BCUT2D eigenvalue weighted by Gasteiger charge is 1.03. The molecule has 0 aliphatic rings. The molecule has 4 N–H and O–H groups in total. The second-order valence-corrected chi connectivity index (χ2v) is 0. The van der Waals surface area contributed by atoms with E-state index in [-0.39, 0.29) is 11.0 Å². The van der Waals surface area contributed by atoms with Crippen LogP contribution in [0.1, 0.15) is 0 Å². The molecule has 0 aromatic rings. The van der Waals surface area contributed by atoms with Crippen molar-refractivity contribution in [2.24, 2.45) is 0 Å². The van der Waals surface area contributed by atoms with Gasteiger partial charge in [0.15, 0.2) is 0 Å². The van der Waals surface area contributed by atoms with E-state index < -0.39 is 0 Å². The van der Waals surface area contributed by atoms with Gasteiger partial charge in [0.2, 0.25) is 0 Å². The van der Waals surface area contributed by atoms with Gasteiger partial charge < -0.3 is 11.0 Å². The first-order chi connectivity index (χ1) is 1.00. The predicted molar refractivity (Wildman–Crippen MR) is 21.9 cm³/mol. The average Bonchev–Trinajstić information content (AvgIpc) is 1.00. The van der Waals surface area contributed by atoms with Crippen molar-refractivity contribution >= 4 is 28.5 Å². The Kier molecular flexibility index (Phi) is 199. The second kappa shape index (κ2) is 38.9. The minimum atomic E-state index is 0. The van der Waals surface area contributed by atoms with Crippen molar-refractivity contribution in [1.29, 1.82) is 0 Å². The monoisotopic (exact) mass is 142 g/mol. The molecular formula is H4AlBrO2. The lowest BCUT2D eigenvalue weighted by Crippen LogP contribution is -0.941. The van der Waals surface area contributed by atoms with Crippen LogP contribution in [0.3, 0.4) is 0 Å². The van der Waals surface area contributed by atoms with Gasteiger partial charge in [-0.3, -0.25) is 14.1 Å². The van der Waals surface area contributed by atoms with Gasteiger partial charge in [-0.05, 0) is 0 Å². The van der Waals surface area contributed by atoms with E-state index in [9.17, 15) is 0 Å². The first-order valence-corrected chi connectivity index (χ1v) is 3.40. The predicted octanol–water partition coefficient (Wildman–Crippen LogP) is -1.18. The van der Waals surface area contributed by atoms with Crippen LogP contribution in [-0.2, 0) is 0 Å². The number of hydrogen-bond donors (Lipinski definition) is 0. The number of hydrogen-bond acceptors (Lipinski definition) is 0. The summed E-state index contributed by atoms with van der Waals surface area (Å²) in [4.78, 5) is 0. The van der Waals surface area contributed by atoms with E-state index in [1.165, 1.54) is 0 Å². The Balaban J connectivity index is -0.00000000500. The zero-order valence-corrected chi connectivity index (χ0v) is 4.70. The van der Waals surface area contributed by atoms with Gasteiger partial charge in [0.1, 0.15) is 0 Å². The summed E-state index contributed by atoms with van der Waals surface area (Å²) in [5, 5.41) is 0. The summed E-state index contributed by atoms with van der Waals surface area (Å²) in [6.45, 7) is 0. The molecule has 0 spiro atoms. The molecule has 0 aliphatic carbocycles. The Morgan fingerprint density at radius 2 is 1.00 bits per heavy atom. The van der Waals surface area contributed by atoms with E-state index >= 15 is 0 Å². The zero-order valence-electron chi connectivity index (χ0n) is 1.96. The molecule has 0 heterocycles. The van der Waals surface area contributed by atoms with Gasteiger partial charge >= 0.3 is 0 Å². The van der Waals surface area contributed by atoms with Crippen LogP contribution in [0.15, 0.2) is 0 Å². The van der Waals surface area contributed by atoms with Crippen molar-refractivity contribution in [2.45, 2.75) is 0 Å². The average molecular weight is 143 g/mol. The zero-order chi connectivity index (χ0) is 2.00. The summed E-state index contributed by atoms with van der Waals surface area (Å²) >= 11 is 5.08. The topological polar surface area (TPSA) is 63.0 Å². The van der Waals surface area contributed by atoms with Gasteiger partial charge in [-0.2, -0.15) is 0 Å². The van der Waals surface area contributed by atoms with Crippen molar-refractivity contribution in [3.05, 3.63) is 0 Å². The van der Waals surface area contributed by atoms with Crippen molar-refractivity contribution in [1.82, 2.24) is 0 Å². The summed E-state index contributed by atoms with van der Waals surface area (Å²) < 4.78 is 0. The Labute approximate surface area is 39.9 Å². The standard InChI is InChI=1S/Al.BrH.2H2O/h;1H;2*1H2/q+1;;;/p-1. The minimum Gasteiger partial charge on any atom is -0.412 e. The number of rotatable bonds is 0. The quantitative estimate of drug-likeness (QED) is 0.383. The summed E-state index contributed by atoms with van der Waals surface area (Å²) in [5.74, 6) is 0. The molecule has 2 nitrogen and oxygen atoms in total. The van der Waals surface area contributed by atoms with Crippen LogP contribution in [0.4, 0.5) is 0 Å². The van der Waals surface area contributed by atoms with Crippen molar-refractivity contribution in [3.63, 3.8) is 0 Å². The van der Waals surface area contributed by atoms with E-state index in [2.05, 4.69) is 28.5 Å². The first kappa shape index (κ1) is 20.4. The maximum atomic E-state index is 2.85. The molecular weight excluding hydrogens is 139 g/mol. The normalized spacial score (nSPS) is 1.25. The van der Waals surface area contributed by atoms with E-state index in [1.807, 2.05) is 0 Å². The lowest BCUT2D eigenvalue weighted by molar-refractivity contribution is 0.823. The fourth-order valence-electron chi connectivity index (χ4n) is 0. The van der Waals surface area contributed by atoms with Gasteiger partial charge in [0.25, 0.3) is 14.5 Å². The first-order valence-electron chi connectivity index (χ1n) is 0.218. The number of halogens is 1. The molecule has 0 aromatic heterocycles. The maximum Gasteiger partial charge on any atom is 0.250 e. The fraction of sp³-hybridized carbons (Fsp3) is 0. The Morgan fingerprint density at radius 3 is 1.00 bits per heavy atom. The van der Waals surface area contributed by atoms with Crippen LogP contribution in [0.5, 0.6) is 0 Å². The van der Waals surface area contributed by atoms with Crippen LogP contribution in [0, 0.1) is 0 Å². The molecule has 0 amide bonds. The Morgan fingerprint density at radius 1 is 1.00 bits per heavy atom. The third kappa shape index (κ3) is 12.6. The van der Waals surface area contributed by atoms with Gasteiger partial charge in [0.05, 0.1) is 0 Å². The molecule has 0 unspecified atom stereocenters. The van der Waals surface area contributed by atoms with Gasteiger partial charge in [-0.1, -0.05) is 0 Å². The van der Waals surface area contributed by atoms with E-state index in [1.54, 1.807) is 0 Å². The third-order valence-electron chi connectivity index (χ3n) is 0. The van der Waals surface area contributed by atoms with Crippen molar-refractivity contribution < 1.29 is 11.0 Å². The summed E-state index contributed by atoms with van der Waals surface area (Å²) in [7, 11) is 0. The molecule has 0 saturated carbocycles. The van der Waals surface area contributed by atoms with Crippen LogP contribution in [0.2, 0.25) is 0 Å². The van der Waals surface area contributed by atoms with Gasteiger partial charge in [0, 0.05) is 0 Å². The summed E-state index contributed by atoms with van der Waals surface area (Å²) in [6, 6.07) is 0. The maximum absolute atomic E-state index is 2.85. The molecule has 26 valence electrons. The minimum absolute atomic E-state index is 0. The summed E-state index contributed by atoms with van der Waals surface area (Å²) in [5.41, 5.74) is 0. The molecule has 0 rings (SSSR count). The third-order valence-corrected chi connectivity index (χ3v) is 0. The molecule has 4 heteroatoms. The van der Waals surface area contributed by atoms with Gasteiger partial charge in [-0.25, -0.2) is 0 Å². The largest absolute Gasteiger partial charge is 0.412 e. The Hall–Kier alpha value is 0.932.